The van der Waals surface area contributed by atoms with Gasteiger partial charge in [-0.05, 0) is 41.5 Å². The molecular weight excluding hydrogens is 186 g/mol. The molecule has 0 aliphatic rings. The normalized spacial score (nSPS) is 12.5. The van der Waals surface area contributed by atoms with Gasteiger partial charge in [0.15, 0.2) is 0 Å². The van der Waals surface area contributed by atoms with Crippen LogP contribution in [0, 0.1) is 13.8 Å². The number of rotatable bonds is 3. The molecule has 0 saturated carbocycles. The van der Waals surface area contributed by atoms with Crippen molar-refractivity contribution in [2.45, 2.75) is 53.1 Å². The molecule has 1 aromatic rings. The molecule has 0 aliphatic heterocycles. The molecule has 3 nitrogen and oxygen atoms in total. The van der Waals surface area contributed by atoms with Crippen molar-refractivity contribution in [2.24, 2.45) is 7.05 Å². The van der Waals surface area contributed by atoms with Crippen LogP contribution in [0.1, 0.15) is 44.9 Å². The van der Waals surface area contributed by atoms with Crippen LogP contribution in [-0.4, -0.2) is 15.6 Å². The van der Waals surface area contributed by atoms with Crippen LogP contribution in [-0.2, 0) is 12.6 Å². The fraction of sp³-hybridized carbons (Fsp3) is 0.750. The first-order valence-corrected chi connectivity index (χ1v) is 5.54. The summed E-state index contributed by atoms with van der Waals surface area (Å²) >= 11 is 0. The zero-order valence-corrected chi connectivity index (χ0v) is 11.0. The largest absolute Gasteiger partial charge is 0.334 e. The van der Waals surface area contributed by atoms with Gasteiger partial charge in [-0.25, -0.2) is 4.98 Å². The smallest absolute Gasteiger partial charge is 0.128 e. The zero-order chi connectivity index (χ0) is 11.8. The van der Waals surface area contributed by atoms with Gasteiger partial charge in [-0.3, -0.25) is 0 Å². The molecule has 0 bridgehead atoms. The molecule has 1 rings (SSSR count). The fourth-order valence-corrected chi connectivity index (χ4v) is 2.06. The van der Waals surface area contributed by atoms with Crippen LogP contribution in [0.5, 0.6) is 0 Å². The van der Waals surface area contributed by atoms with E-state index < -0.39 is 0 Å². The van der Waals surface area contributed by atoms with Crippen LogP contribution in [0.2, 0.25) is 0 Å². The molecule has 1 aromatic heterocycles. The lowest BCUT2D eigenvalue weighted by atomic mass is 10.0. The zero-order valence-electron chi connectivity index (χ0n) is 11.0. The van der Waals surface area contributed by atoms with Gasteiger partial charge in [0.25, 0.3) is 0 Å². The van der Waals surface area contributed by atoms with Gasteiger partial charge in [-0.15, -0.1) is 0 Å². The highest BCUT2D eigenvalue weighted by Gasteiger charge is 2.26. The van der Waals surface area contributed by atoms with Crippen LogP contribution in [0.25, 0.3) is 0 Å². The van der Waals surface area contributed by atoms with Crippen LogP contribution in [0.15, 0.2) is 0 Å². The Hall–Kier alpha value is -0.830. The number of aryl methyl sites for hydroxylation is 1. The maximum absolute atomic E-state index is 4.63. The topological polar surface area (TPSA) is 29.9 Å². The third kappa shape index (κ3) is 2.40. The second-order valence-electron chi connectivity index (χ2n) is 5.09. The molecule has 0 unspecified atom stereocenters. The molecule has 1 heterocycles. The van der Waals surface area contributed by atoms with Gasteiger partial charge >= 0.3 is 0 Å². The lowest BCUT2D eigenvalue weighted by Gasteiger charge is -2.28. The summed E-state index contributed by atoms with van der Waals surface area (Å²) in [6.45, 7) is 12.8. The van der Waals surface area contributed by atoms with Gasteiger partial charge in [0.05, 0.1) is 11.2 Å². The van der Waals surface area contributed by atoms with Crippen molar-refractivity contribution in [2.75, 3.05) is 0 Å². The number of nitrogens with zero attached hydrogens (tertiary/aromatic N) is 2. The van der Waals surface area contributed by atoms with Gasteiger partial charge in [0, 0.05) is 18.8 Å². The Morgan fingerprint density at radius 3 is 2.13 bits per heavy atom. The average molecular weight is 209 g/mol. The molecule has 1 N–H and O–H groups in total. The Labute approximate surface area is 92.9 Å². The van der Waals surface area contributed by atoms with E-state index in [0.717, 1.165) is 11.5 Å². The number of imidazole rings is 1. The number of hydrogen-bond donors (Lipinski definition) is 1. The van der Waals surface area contributed by atoms with Gasteiger partial charge in [-0.2, -0.15) is 0 Å². The quantitative estimate of drug-likeness (QED) is 0.827. The van der Waals surface area contributed by atoms with Crippen LogP contribution in [0.4, 0.5) is 0 Å². The summed E-state index contributed by atoms with van der Waals surface area (Å²) in [5, 5.41) is 3.53. The minimum absolute atomic E-state index is 0.0814. The highest BCUT2D eigenvalue weighted by molar-refractivity contribution is 5.18. The first-order valence-electron chi connectivity index (χ1n) is 5.54. The summed E-state index contributed by atoms with van der Waals surface area (Å²) in [6.07, 6.45) is 0. The van der Waals surface area contributed by atoms with E-state index in [1.165, 1.54) is 5.69 Å². The van der Waals surface area contributed by atoms with Crippen molar-refractivity contribution < 1.29 is 0 Å². The number of nitrogens with one attached hydrogen (secondary N) is 1. The molecule has 0 fully saturated rings. The van der Waals surface area contributed by atoms with Gasteiger partial charge in [0.2, 0.25) is 0 Å². The first-order chi connectivity index (χ1) is 6.75. The maximum atomic E-state index is 4.63. The van der Waals surface area contributed by atoms with E-state index in [1.807, 2.05) is 0 Å². The van der Waals surface area contributed by atoms with E-state index in [9.17, 15) is 0 Å². The third-order valence-corrected chi connectivity index (χ3v) is 2.83. The predicted octanol–water partition coefficient (Wildman–Crippen LogP) is 2.27. The molecule has 0 saturated heterocycles. The van der Waals surface area contributed by atoms with E-state index >= 15 is 0 Å². The monoisotopic (exact) mass is 209 g/mol. The Balaban J connectivity index is 3.09. The highest BCUT2D eigenvalue weighted by atomic mass is 15.1. The van der Waals surface area contributed by atoms with Crippen molar-refractivity contribution in [1.29, 1.82) is 0 Å². The van der Waals surface area contributed by atoms with E-state index in [1.54, 1.807) is 0 Å². The van der Waals surface area contributed by atoms with Crippen molar-refractivity contribution in [3.8, 4) is 0 Å². The molecule has 0 amide bonds. The summed E-state index contributed by atoms with van der Waals surface area (Å²) in [7, 11) is 2.08. The van der Waals surface area contributed by atoms with Gasteiger partial charge < -0.3 is 9.88 Å². The lowest BCUT2D eigenvalue weighted by molar-refractivity contribution is 0.338. The highest BCUT2D eigenvalue weighted by Crippen LogP contribution is 2.21. The molecule has 0 aliphatic carbocycles. The van der Waals surface area contributed by atoms with Crippen molar-refractivity contribution in [3.05, 3.63) is 17.2 Å². The minimum Gasteiger partial charge on any atom is -0.334 e. The van der Waals surface area contributed by atoms with E-state index in [0.29, 0.717) is 6.04 Å². The van der Waals surface area contributed by atoms with Crippen LogP contribution >= 0.6 is 0 Å². The maximum Gasteiger partial charge on any atom is 0.128 e. The summed E-state index contributed by atoms with van der Waals surface area (Å²) in [5.74, 6) is 1.10. The molecular formula is C12H23N3. The molecule has 3 heteroatoms. The van der Waals surface area contributed by atoms with Crippen molar-refractivity contribution in [3.63, 3.8) is 0 Å². The number of aromatic nitrogens is 2. The summed E-state index contributed by atoms with van der Waals surface area (Å²) in [6, 6.07) is 0.456. The van der Waals surface area contributed by atoms with E-state index in [2.05, 4.69) is 63.5 Å². The Morgan fingerprint density at radius 2 is 1.80 bits per heavy atom. The second-order valence-corrected chi connectivity index (χ2v) is 5.09. The standard InChI is InChI=1S/C12H23N3/c1-8(2)14-12(5,6)11-13-9(3)10(4)15(11)7/h8,14H,1-7H3. The van der Waals surface area contributed by atoms with Crippen molar-refractivity contribution in [1.82, 2.24) is 14.9 Å². The molecule has 15 heavy (non-hydrogen) atoms. The van der Waals surface area contributed by atoms with Crippen LogP contribution in [0.3, 0.4) is 0 Å². The minimum atomic E-state index is -0.0814. The Kier molecular flexibility index (Phi) is 3.24. The third-order valence-electron chi connectivity index (χ3n) is 2.83. The number of hydrogen-bond acceptors (Lipinski definition) is 2. The average Bonchev–Trinajstić information content (AvgIpc) is 2.31. The second kappa shape index (κ2) is 3.97. The fourth-order valence-electron chi connectivity index (χ4n) is 2.06. The summed E-state index contributed by atoms with van der Waals surface area (Å²) < 4.78 is 2.17. The first kappa shape index (κ1) is 12.2. The molecule has 86 valence electrons. The Morgan fingerprint density at radius 1 is 1.27 bits per heavy atom. The van der Waals surface area contributed by atoms with Gasteiger partial charge in [-0.1, -0.05) is 0 Å². The SMILES string of the molecule is Cc1nc(C(C)(C)NC(C)C)n(C)c1C. The summed E-state index contributed by atoms with van der Waals surface area (Å²) in [5.41, 5.74) is 2.27. The predicted molar refractivity (Wildman–Crippen MR) is 64.0 cm³/mol. The summed E-state index contributed by atoms with van der Waals surface area (Å²) in [4.78, 5) is 4.63. The molecule has 0 radical (unpaired) electrons. The molecule has 0 aromatic carbocycles. The van der Waals surface area contributed by atoms with E-state index in [-0.39, 0.29) is 5.54 Å². The molecule has 0 spiro atoms. The Bertz CT molecular complexity index is 348. The van der Waals surface area contributed by atoms with Crippen molar-refractivity contribution >= 4 is 0 Å². The van der Waals surface area contributed by atoms with Gasteiger partial charge in [0.1, 0.15) is 5.82 Å². The lowest BCUT2D eigenvalue weighted by Crippen LogP contribution is -2.42. The molecule has 0 atom stereocenters. The van der Waals surface area contributed by atoms with E-state index in [4.69, 9.17) is 0 Å². The van der Waals surface area contributed by atoms with Crippen LogP contribution < -0.4 is 5.32 Å².